The number of carbonyl (C=O) groups is 1. The van der Waals surface area contributed by atoms with Crippen molar-refractivity contribution in [2.45, 2.75) is 37.4 Å². The first-order chi connectivity index (χ1) is 9.06. The molecule has 0 bridgehead atoms. The highest BCUT2D eigenvalue weighted by Gasteiger charge is 2.22. The molecule has 2 rings (SSSR count). The van der Waals surface area contributed by atoms with Crippen LogP contribution in [0.15, 0.2) is 18.2 Å². The number of rotatable bonds is 6. The SMILES string of the molecule is CC(=O)ONc1cc(C(Br)CCC2CC2)ccc1F. The standard InChI is InChI=1S/C14H17BrFNO2/c1-9(18)19-17-14-8-11(5-7-13(14)16)12(15)6-4-10-2-3-10/h5,7-8,10,12,17H,2-4,6H2,1H3. The van der Waals surface area contributed by atoms with Gasteiger partial charge in [0, 0.05) is 11.8 Å². The lowest BCUT2D eigenvalue weighted by atomic mass is 10.1. The number of nitrogens with one attached hydrogen (secondary N) is 1. The van der Waals surface area contributed by atoms with Crippen molar-refractivity contribution in [2.24, 2.45) is 5.92 Å². The van der Waals surface area contributed by atoms with Gasteiger partial charge in [-0.1, -0.05) is 34.8 Å². The molecule has 1 unspecified atom stereocenters. The molecule has 0 aromatic heterocycles. The first kappa shape index (κ1) is 14.3. The van der Waals surface area contributed by atoms with E-state index in [1.165, 1.54) is 32.3 Å². The molecule has 0 heterocycles. The number of alkyl halides is 1. The molecule has 1 aromatic rings. The molecule has 1 aliphatic rings. The summed E-state index contributed by atoms with van der Waals surface area (Å²) in [4.78, 5) is 15.5. The Bertz CT molecular complexity index is 463. The van der Waals surface area contributed by atoms with Crippen molar-refractivity contribution in [3.05, 3.63) is 29.6 Å². The van der Waals surface area contributed by atoms with Crippen molar-refractivity contribution < 1.29 is 14.0 Å². The van der Waals surface area contributed by atoms with E-state index in [2.05, 4.69) is 26.2 Å². The fourth-order valence-corrected chi connectivity index (χ4v) is 2.45. The first-order valence-corrected chi connectivity index (χ1v) is 7.34. The summed E-state index contributed by atoms with van der Waals surface area (Å²) in [5, 5.41) is 0. The molecule has 0 radical (unpaired) electrons. The van der Waals surface area contributed by atoms with Crippen LogP contribution >= 0.6 is 15.9 Å². The van der Waals surface area contributed by atoms with Crippen LogP contribution in [0.4, 0.5) is 10.1 Å². The third-order valence-electron chi connectivity index (χ3n) is 3.18. The van der Waals surface area contributed by atoms with Crippen molar-refractivity contribution in [3.63, 3.8) is 0 Å². The summed E-state index contributed by atoms with van der Waals surface area (Å²) in [5.74, 6) is -0.0695. The second-order valence-corrected chi connectivity index (χ2v) is 6.03. The molecule has 1 fully saturated rings. The molecule has 0 saturated heterocycles. The summed E-state index contributed by atoms with van der Waals surface area (Å²) >= 11 is 3.62. The number of anilines is 1. The number of benzene rings is 1. The number of hydrogen-bond donors (Lipinski definition) is 1. The average Bonchev–Trinajstić information content (AvgIpc) is 3.18. The zero-order chi connectivity index (χ0) is 13.8. The van der Waals surface area contributed by atoms with Crippen molar-refractivity contribution in [2.75, 3.05) is 5.48 Å². The molecular formula is C14H17BrFNO2. The van der Waals surface area contributed by atoms with Crippen LogP contribution in [-0.2, 0) is 9.63 Å². The molecule has 1 aromatic carbocycles. The Morgan fingerprint density at radius 2 is 2.32 bits per heavy atom. The Balaban J connectivity index is 1.98. The van der Waals surface area contributed by atoms with Crippen LogP contribution in [0, 0.1) is 11.7 Å². The molecule has 1 atom stereocenters. The maximum absolute atomic E-state index is 13.5. The highest BCUT2D eigenvalue weighted by atomic mass is 79.9. The Morgan fingerprint density at radius 1 is 1.58 bits per heavy atom. The number of hydrogen-bond acceptors (Lipinski definition) is 3. The molecule has 0 spiro atoms. The van der Waals surface area contributed by atoms with Gasteiger partial charge in [-0.3, -0.25) is 4.79 Å². The molecule has 104 valence electrons. The summed E-state index contributed by atoms with van der Waals surface area (Å²) in [6, 6.07) is 4.80. The molecular weight excluding hydrogens is 313 g/mol. The fraction of sp³-hybridized carbons (Fsp3) is 0.500. The predicted molar refractivity (Wildman–Crippen MR) is 75.4 cm³/mol. The Morgan fingerprint density at radius 3 is 2.95 bits per heavy atom. The zero-order valence-electron chi connectivity index (χ0n) is 10.8. The van der Waals surface area contributed by atoms with Gasteiger partial charge in [0.15, 0.2) is 0 Å². The van der Waals surface area contributed by atoms with Crippen LogP contribution in [0.25, 0.3) is 0 Å². The van der Waals surface area contributed by atoms with Gasteiger partial charge in [-0.15, -0.1) is 0 Å². The van der Waals surface area contributed by atoms with Gasteiger partial charge >= 0.3 is 5.97 Å². The van der Waals surface area contributed by atoms with Crippen LogP contribution in [0.2, 0.25) is 0 Å². The van der Waals surface area contributed by atoms with Gasteiger partial charge < -0.3 is 4.84 Å². The van der Waals surface area contributed by atoms with E-state index in [-0.39, 0.29) is 10.5 Å². The largest absolute Gasteiger partial charge is 0.344 e. The lowest BCUT2D eigenvalue weighted by Crippen LogP contribution is -2.08. The van der Waals surface area contributed by atoms with Gasteiger partial charge in [0.25, 0.3) is 0 Å². The molecule has 0 amide bonds. The molecule has 1 aliphatic carbocycles. The quantitative estimate of drug-likeness (QED) is 0.623. The molecule has 1 saturated carbocycles. The lowest BCUT2D eigenvalue weighted by Gasteiger charge is -2.13. The second kappa shape index (κ2) is 6.37. The smallest absolute Gasteiger partial charge is 0.329 e. The average molecular weight is 330 g/mol. The Kier molecular flexibility index (Phi) is 4.80. The van der Waals surface area contributed by atoms with E-state index in [9.17, 15) is 9.18 Å². The van der Waals surface area contributed by atoms with Crippen molar-refractivity contribution in [3.8, 4) is 0 Å². The van der Waals surface area contributed by atoms with Gasteiger partial charge in [-0.05, 0) is 36.5 Å². The van der Waals surface area contributed by atoms with Crippen molar-refractivity contribution >= 4 is 27.6 Å². The van der Waals surface area contributed by atoms with E-state index >= 15 is 0 Å². The van der Waals surface area contributed by atoms with Gasteiger partial charge in [-0.25, -0.2) is 9.87 Å². The fourth-order valence-electron chi connectivity index (χ4n) is 1.90. The van der Waals surface area contributed by atoms with E-state index in [1.54, 1.807) is 12.1 Å². The highest BCUT2D eigenvalue weighted by Crippen LogP contribution is 2.38. The first-order valence-electron chi connectivity index (χ1n) is 6.43. The summed E-state index contributed by atoms with van der Waals surface area (Å²) in [6.45, 7) is 1.26. The minimum absolute atomic E-state index is 0.184. The van der Waals surface area contributed by atoms with Crippen molar-refractivity contribution in [1.82, 2.24) is 0 Å². The Labute approximate surface area is 120 Å². The van der Waals surface area contributed by atoms with Crippen LogP contribution in [-0.4, -0.2) is 5.97 Å². The molecule has 3 nitrogen and oxygen atoms in total. The topological polar surface area (TPSA) is 38.3 Å². The maximum atomic E-state index is 13.5. The van der Waals surface area contributed by atoms with E-state index in [4.69, 9.17) is 0 Å². The maximum Gasteiger partial charge on any atom is 0.329 e. The normalized spacial score (nSPS) is 15.9. The second-order valence-electron chi connectivity index (χ2n) is 4.92. The summed E-state index contributed by atoms with van der Waals surface area (Å²) in [7, 11) is 0. The van der Waals surface area contributed by atoms with E-state index in [0.717, 1.165) is 17.9 Å². The molecule has 0 aliphatic heterocycles. The van der Waals surface area contributed by atoms with Crippen LogP contribution in [0.3, 0.4) is 0 Å². The third kappa shape index (κ3) is 4.49. The van der Waals surface area contributed by atoms with Crippen LogP contribution in [0.1, 0.15) is 43.0 Å². The summed E-state index contributed by atoms with van der Waals surface area (Å²) in [6.07, 6.45) is 4.90. The molecule has 1 N–H and O–H groups in total. The summed E-state index contributed by atoms with van der Waals surface area (Å²) < 4.78 is 13.5. The van der Waals surface area contributed by atoms with Gasteiger partial charge in [0.1, 0.15) is 11.5 Å². The van der Waals surface area contributed by atoms with E-state index < -0.39 is 11.8 Å². The molecule has 5 heteroatoms. The van der Waals surface area contributed by atoms with Crippen LogP contribution in [0.5, 0.6) is 0 Å². The monoisotopic (exact) mass is 329 g/mol. The minimum atomic E-state index is -0.506. The highest BCUT2D eigenvalue weighted by molar-refractivity contribution is 9.09. The minimum Gasteiger partial charge on any atom is -0.344 e. The van der Waals surface area contributed by atoms with Gasteiger partial charge in [0.2, 0.25) is 0 Å². The van der Waals surface area contributed by atoms with Crippen LogP contribution < -0.4 is 5.48 Å². The predicted octanol–water partition coefficient (Wildman–Crippen LogP) is 4.34. The summed E-state index contributed by atoms with van der Waals surface area (Å²) in [5.41, 5.74) is 3.51. The van der Waals surface area contributed by atoms with Crippen molar-refractivity contribution in [1.29, 1.82) is 0 Å². The Hall–Kier alpha value is -1.10. The van der Waals surface area contributed by atoms with Gasteiger partial charge in [-0.2, -0.15) is 0 Å². The van der Waals surface area contributed by atoms with Gasteiger partial charge in [0.05, 0.1) is 0 Å². The number of carbonyl (C=O) groups excluding carboxylic acids is 1. The lowest BCUT2D eigenvalue weighted by molar-refractivity contribution is -0.138. The zero-order valence-corrected chi connectivity index (χ0v) is 12.4. The number of halogens is 2. The third-order valence-corrected chi connectivity index (χ3v) is 4.17. The van der Waals surface area contributed by atoms with E-state index in [0.29, 0.717) is 0 Å². The molecule has 19 heavy (non-hydrogen) atoms. The van der Waals surface area contributed by atoms with E-state index in [1.807, 2.05) is 0 Å².